The lowest BCUT2D eigenvalue weighted by Crippen LogP contribution is -2.20. The van der Waals surface area contributed by atoms with E-state index in [4.69, 9.17) is 4.74 Å². The molecule has 1 amide bonds. The maximum atomic E-state index is 12.4. The summed E-state index contributed by atoms with van der Waals surface area (Å²) in [5.74, 6) is 0.940. The van der Waals surface area contributed by atoms with Gasteiger partial charge in [-0.25, -0.2) is 5.43 Å². The molecule has 4 rings (SSSR count). The monoisotopic (exact) mass is 473 g/mol. The van der Waals surface area contributed by atoms with E-state index in [9.17, 15) is 9.90 Å². The van der Waals surface area contributed by atoms with Crippen LogP contribution >= 0.6 is 11.8 Å². The van der Waals surface area contributed by atoms with Gasteiger partial charge in [0.1, 0.15) is 0 Å². The number of hydrogen-bond donors (Lipinski definition) is 2. The van der Waals surface area contributed by atoms with E-state index in [0.717, 1.165) is 11.3 Å². The highest BCUT2D eigenvalue weighted by Crippen LogP contribution is 2.28. The molecule has 1 heterocycles. The van der Waals surface area contributed by atoms with E-state index in [1.165, 1.54) is 24.0 Å². The van der Waals surface area contributed by atoms with Crippen LogP contribution < -0.4 is 10.2 Å². The van der Waals surface area contributed by atoms with Crippen LogP contribution in [0.2, 0.25) is 0 Å². The summed E-state index contributed by atoms with van der Waals surface area (Å²) in [4.78, 5) is 12.4. The van der Waals surface area contributed by atoms with Crippen molar-refractivity contribution in [3.63, 3.8) is 0 Å². The summed E-state index contributed by atoms with van der Waals surface area (Å²) in [5, 5.41) is 23.1. The maximum absolute atomic E-state index is 12.4. The first-order valence-electron chi connectivity index (χ1n) is 10.6. The molecule has 34 heavy (non-hydrogen) atoms. The topological polar surface area (TPSA) is 102 Å². The van der Waals surface area contributed by atoms with Gasteiger partial charge in [0, 0.05) is 11.3 Å². The van der Waals surface area contributed by atoms with E-state index in [2.05, 4.69) is 20.7 Å². The zero-order valence-corrected chi connectivity index (χ0v) is 19.3. The third-order valence-electron chi connectivity index (χ3n) is 4.70. The molecular formula is C25H23N5O3S. The summed E-state index contributed by atoms with van der Waals surface area (Å²) in [6.07, 6.45) is 1.49. The van der Waals surface area contributed by atoms with Crippen molar-refractivity contribution in [1.29, 1.82) is 0 Å². The predicted molar refractivity (Wildman–Crippen MR) is 133 cm³/mol. The zero-order chi connectivity index (χ0) is 23.8. The number of carbonyl (C=O) groups excluding carboxylic acids is 1. The Morgan fingerprint density at radius 1 is 1.09 bits per heavy atom. The van der Waals surface area contributed by atoms with Gasteiger partial charge in [-0.1, -0.05) is 60.3 Å². The maximum Gasteiger partial charge on any atom is 0.250 e. The molecule has 172 valence electrons. The average molecular weight is 474 g/mol. The molecule has 2 N–H and O–H groups in total. The number of nitrogens with zero attached hydrogens (tertiary/aromatic N) is 4. The number of hydrogen-bond acceptors (Lipinski definition) is 7. The smallest absolute Gasteiger partial charge is 0.250 e. The van der Waals surface area contributed by atoms with Gasteiger partial charge in [0.05, 0.1) is 18.6 Å². The van der Waals surface area contributed by atoms with Crippen LogP contribution in [-0.2, 0) is 4.79 Å². The lowest BCUT2D eigenvalue weighted by molar-refractivity contribution is -0.118. The minimum atomic E-state index is -0.283. The Balaban J connectivity index is 1.44. The molecule has 0 unspecified atom stereocenters. The number of carbonyl (C=O) groups is 1. The molecule has 3 aromatic carbocycles. The van der Waals surface area contributed by atoms with Crippen LogP contribution in [0, 0.1) is 0 Å². The Bertz CT molecular complexity index is 1280. The molecule has 1 aromatic heterocycles. The minimum absolute atomic E-state index is 0.0526. The zero-order valence-electron chi connectivity index (χ0n) is 18.5. The fourth-order valence-electron chi connectivity index (χ4n) is 3.17. The van der Waals surface area contributed by atoms with Crippen LogP contribution in [-0.4, -0.2) is 44.4 Å². The van der Waals surface area contributed by atoms with Gasteiger partial charge in [-0.05, 0) is 42.8 Å². The summed E-state index contributed by atoms with van der Waals surface area (Å²) in [7, 11) is 0. The van der Waals surface area contributed by atoms with Crippen LogP contribution in [0.1, 0.15) is 12.5 Å². The Morgan fingerprint density at radius 2 is 1.82 bits per heavy atom. The van der Waals surface area contributed by atoms with Crippen molar-refractivity contribution in [1.82, 2.24) is 20.2 Å². The molecule has 0 saturated heterocycles. The molecule has 0 saturated carbocycles. The molecule has 0 aliphatic heterocycles. The van der Waals surface area contributed by atoms with Gasteiger partial charge in [-0.3, -0.25) is 9.36 Å². The van der Waals surface area contributed by atoms with Crippen LogP contribution in [0.3, 0.4) is 0 Å². The Morgan fingerprint density at radius 3 is 2.56 bits per heavy atom. The summed E-state index contributed by atoms with van der Waals surface area (Å²) >= 11 is 1.27. The van der Waals surface area contributed by atoms with Crippen molar-refractivity contribution in [2.75, 3.05) is 12.4 Å². The van der Waals surface area contributed by atoms with Gasteiger partial charge in [-0.2, -0.15) is 5.10 Å². The molecule has 0 atom stereocenters. The molecule has 9 heteroatoms. The lowest BCUT2D eigenvalue weighted by Gasteiger charge is -2.10. The van der Waals surface area contributed by atoms with Crippen molar-refractivity contribution in [2.45, 2.75) is 12.1 Å². The second-order valence-corrected chi connectivity index (χ2v) is 8.03. The van der Waals surface area contributed by atoms with Gasteiger partial charge in [0.25, 0.3) is 5.91 Å². The van der Waals surface area contributed by atoms with E-state index in [1.54, 1.807) is 12.1 Å². The van der Waals surface area contributed by atoms with Gasteiger partial charge in [0.15, 0.2) is 22.5 Å². The first kappa shape index (κ1) is 23.1. The lowest BCUT2D eigenvalue weighted by atomic mass is 10.2. The van der Waals surface area contributed by atoms with Gasteiger partial charge in [0.2, 0.25) is 0 Å². The second-order valence-electron chi connectivity index (χ2n) is 7.09. The highest BCUT2D eigenvalue weighted by molar-refractivity contribution is 7.99. The van der Waals surface area contributed by atoms with Crippen molar-refractivity contribution in [2.24, 2.45) is 5.10 Å². The summed E-state index contributed by atoms with van der Waals surface area (Å²) in [6, 6.07) is 24.4. The summed E-state index contributed by atoms with van der Waals surface area (Å²) in [6.45, 7) is 2.27. The standard InChI is InChI=1S/C25H23N5O3S/c1-2-33-22-15-18(13-14-21(22)31)16-26-27-23(32)17-34-25-29-28-24(19-9-5-3-6-10-19)30(25)20-11-7-4-8-12-20/h3-16,31H,2,17H2,1H3,(H,27,32)/b26-16+. The molecule has 0 bridgehead atoms. The number of amides is 1. The van der Waals surface area contributed by atoms with Crippen LogP contribution in [0.15, 0.2) is 89.1 Å². The second kappa shape index (κ2) is 11.2. The molecule has 0 spiro atoms. The van der Waals surface area contributed by atoms with Gasteiger partial charge in [-0.15, -0.1) is 10.2 Å². The Kier molecular flexibility index (Phi) is 7.56. The van der Waals surface area contributed by atoms with Crippen molar-refractivity contribution in [3.05, 3.63) is 84.4 Å². The number of rotatable bonds is 9. The quantitative estimate of drug-likeness (QED) is 0.214. The molecule has 0 aliphatic rings. The number of para-hydroxylation sites is 1. The van der Waals surface area contributed by atoms with Crippen molar-refractivity contribution in [3.8, 4) is 28.6 Å². The number of nitrogens with one attached hydrogen (secondary N) is 1. The Hall–Kier alpha value is -4.11. The van der Waals surface area contributed by atoms with Crippen molar-refractivity contribution >= 4 is 23.9 Å². The summed E-state index contributed by atoms with van der Waals surface area (Å²) < 4.78 is 7.29. The number of thioether (sulfide) groups is 1. The predicted octanol–water partition coefficient (Wildman–Crippen LogP) is 4.28. The van der Waals surface area contributed by atoms with E-state index in [-0.39, 0.29) is 17.4 Å². The van der Waals surface area contributed by atoms with Crippen LogP contribution in [0.25, 0.3) is 17.1 Å². The van der Waals surface area contributed by atoms with Gasteiger partial charge < -0.3 is 9.84 Å². The SMILES string of the molecule is CCOc1cc(/C=N/NC(=O)CSc2nnc(-c3ccccc3)n2-c2ccccc2)ccc1O. The van der Waals surface area contributed by atoms with E-state index in [1.807, 2.05) is 72.2 Å². The third kappa shape index (κ3) is 5.62. The number of phenolic OH excluding ortho intramolecular Hbond substituents is 1. The highest BCUT2D eigenvalue weighted by Gasteiger charge is 2.17. The third-order valence-corrected chi connectivity index (χ3v) is 5.63. The molecule has 0 fully saturated rings. The molecule has 0 radical (unpaired) electrons. The number of aromatic nitrogens is 3. The molecule has 8 nitrogen and oxygen atoms in total. The fraction of sp³-hybridized carbons (Fsp3) is 0.120. The largest absolute Gasteiger partial charge is 0.504 e. The Labute approximate surface area is 201 Å². The number of ether oxygens (including phenoxy) is 1. The van der Waals surface area contributed by atoms with Gasteiger partial charge >= 0.3 is 0 Å². The first-order chi connectivity index (χ1) is 16.7. The number of hydrazone groups is 1. The number of benzene rings is 3. The van der Waals surface area contributed by atoms with Crippen LogP contribution in [0.5, 0.6) is 11.5 Å². The van der Waals surface area contributed by atoms with Crippen molar-refractivity contribution < 1.29 is 14.6 Å². The fourth-order valence-corrected chi connectivity index (χ4v) is 3.92. The molecule has 4 aromatic rings. The van der Waals surface area contributed by atoms with E-state index < -0.39 is 0 Å². The van der Waals surface area contributed by atoms with E-state index in [0.29, 0.717) is 28.9 Å². The molecular weight excluding hydrogens is 450 g/mol. The summed E-state index contributed by atoms with van der Waals surface area (Å²) in [5.41, 5.74) is 5.04. The van der Waals surface area contributed by atoms with Crippen LogP contribution in [0.4, 0.5) is 0 Å². The average Bonchev–Trinajstić information content (AvgIpc) is 3.30. The highest BCUT2D eigenvalue weighted by atomic mass is 32.2. The minimum Gasteiger partial charge on any atom is -0.504 e. The number of phenols is 1. The molecule has 0 aliphatic carbocycles. The number of aromatic hydroxyl groups is 1. The first-order valence-corrected chi connectivity index (χ1v) is 11.6. The van der Waals surface area contributed by atoms with E-state index >= 15 is 0 Å². The normalized spacial score (nSPS) is 11.0.